The van der Waals surface area contributed by atoms with Gasteiger partial charge in [-0.1, -0.05) is 71.6 Å². The standard InChI is InChI=1S/C17H31/c1-3-5-7-9-11-13-15-17-16-14-12-10-8-6-4-2/h1,3-10,12,14-17H2,2H3. The summed E-state index contributed by atoms with van der Waals surface area (Å²) in [6, 6.07) is 0. The van der Waals surface area contributed by atoms with Crippen LogP contribution in [0.1, 0.15) is 90.4 Å². The highest BCUT2D eigenvalue weighted by atomic mass is 14.0. The number of rotatable bonds is 11. The van der Waals surface area contributed by atoms with E-state index >= 15 is 0 Å². The van der Waals surface area contributed by atoms with E-state index in [2.05, 4.69) is 25.7 Å². The average molecular weight is 235 g/mol. The zero-order chi connectivity index (χ0) is 12.6. The Morgan fingerprint density at radius 1 is 0.647 bits per heavy atom. The smallest absolute Gasteiger partial charge is 0.00886 e. The minimum atomic E-state index is 1.06. The summed E-state index contributed by atoms with van der Waals surface area (Å²) < 4.78 is 0. The normalized spacial score (nSPS) is 10.0. The van der Waals surface area contributed by atoms with Crippen LogP contribution >= 0.6 is 0 Å². The summed E-state index contributed by atoms with van der Waals surface area (Å²) >= 11 is 0. The maximum Gasteiger partial charge on any atom is 0.00886 e. The highest BCUT2D eigenvalue weighted by Gasteiger charge is 1.90. The molecule has 0 heterocycles. The molecule has 0 aliphatic carbocycles. The van der Waals surface area contributed by atoms with Crippen molar-refractivity contribution in [2.75, 3.05) is 0 Å². The lowest BCUT2D eigenvalue weighted by atomic mass is 10.1. The fourth-order valence-electron chi connectivity index (χ4n) is 1.91. The van der Waals surface area contributed by atoms with Gasteiger partial charge < -0.3 is 0 Å². The summed E-state index contributed by atoms with van der Waals surface area (Å²) in [7, 11) is 0. The Hall–Kier alpha value is -0.440. The van der Waals surface area contributed by atoms with E-state index in [4.69, 9.17) is 0 Å². The van der Waals surface area contributed by atoms with Crippen molar-refractivity contribution in [1.29, 1.82) is 0 Å². The Labute approximate surface area is 110 Å². The molecule has 0 aromatic carbocycles. The van der Waals surface area contributed by atoms with E-state index in [1.54, 1.807) is 0 Å². The molecule has 0 aromatic rings. The van der Waals surface area contributed by atoms with Crippen molar-refractivity contribution in [2.24, 2.45) is 0 Å². The van der Waals surface area contributed by atoms with E-state index in [1.165, 1.54) is 64.2 Å². The van der Waals surface area contributed by atoms with Crippen molar-refractivity contribution in [2.45, 2.75) is 90.4 Å². The maximum atomic E-state index is 3.83. The molecule has 0 bridgehead atoms. The van der Waals surface area contributed by atoms with Crippen LogP contribution in [0, 0.1) is 18.8 Å². The Balaban J connectivity index is 3.02. The molecule has 0 aromatic heterocycles. The van der Waals surface area contributed by atoms with Crippen LogP contribution in [0.15, 0.2) is 0 Å². The zero-order valence-electron chi connectivity index (χ0n) is 11.9. The lowest BCUT2D eigenvalue weighted by molar-refractivity contribution is 0.579. The molecule has 0 N–H and O–H groups in total. The third kappa shape index (κ3) is 15.6. The van der Waals surface area contributed by atoms with Crippen molar-refractivity contribution < 1.29 is 0 Å². The quantitative estimate of drug-likeness (QED) is 0.308. The van der Waals surface area contributed by atoms with E-state index in [1.807, 2.05) is 0 Å². The minimum absolute atomic E-state index is 1.06. The molecule has 0 rings (SSSR count). The Bertz CT molecular complexity index is 182. The van der Waals surface area contributed by atoms with Crippen LogP contribution in [-0.2, 0) is 0 Å². The van der Waals surface area contributed by atoms with Gasteiger partial charge in [0.1, 0.15) is 0 Å². The second kappa shape index (κ2) is 15.6. The predicted molar refractivity (Wildman–Crippen MR) is 78.8 cm³/mol. The van der Waals surface area contributed by atoms with Gasteiger partial charge in [0.05, 0.1) is 0 Å². The fraction of sp³-hybridized carbons (Fsp3) is 0.824. The molecular weight excluding hydrogens is 204 g/mol. The topological polar surface area (TPSA) is 0 Å². The number of hydrogen-bond donors (Lipinski definition) is 0. The Morgan fingerprint density at radius 2 is 1.12 bits per heavy atom. The number of unbranched alkanes of at least 4 members (excludes halogenated alkanes) is 11. The fourth-order valence-corrected chi connectivity index (χ4v) is 1.91. The second-order valence-electron chi connectivity index (χ2n) is 4.89. The van der Waals surface area contributed by atoms with Crippen LogP contribution in [0.4, 0.5) is 0 Å². The van der Waals surface area contributed by atoms with Gasteiger partial charge >= 0.3 is 0 Å². The summed E-state index contributed by atoms with van der Waals surface area (Å²) in [5, 5.41) is 0. The van der Waals surface area contributed by atoms with Crippen molar-refractivity contribution in [3.8, 4) is 11.8 Å². The lowest BCUT2D eigenvalue weighted by Crippen LogP contribution is -1.80. The Kier molecular flexibility index (Phi) is 15.2. The molecule has 0 heteroatoms. The van der Waals surface area contributed by atoms with E-state index in [-0.39, 0.29) is 0 Å². The molecule has 0 unspecified atom stereocenters. The molecule has 0 aliphatic heterocycles. The molecule has 99 valence electrons. The van der Waals surface area contributed by atoms with E-state index in [0.29, 0.717) is 0 Å². The van der Waals surface area contributed by atoms with Gasteiger partial charge in [-0.25, -0.2) is 0 Å². The third-order valence-corrected chi connectivity index (χ3v) is 3.08. The van der Waals surface area contributed by atoms with E-state index in [0.717, 1.165) is 19.3 Å². The molecule has 0 atom stereocenters. The molecule has 0 saturated heterocycles. The maximum absolute atomic E-state index is 3.83. The number of hydrogen-bond acceptors (Lipinski definition) is 0. The average Bonchev–Trinajstić information content (AvgIpc) is 2.35. The van der Waals surface area contributed by atoms with E-state index < -0.39 is 0 Å². The molecular formula is C17H31. The summed E-state index contributed by atoms with van der Waals surface area (Å²) in [6.07, 6.45) is 16.8. The molecule has 17 heavy (non-hydrogen) atoms. The van der Waals surface area contributed by atoms with Gasteiger partial charge in [-0.2, -0.15) is 0 Å². The SMILES string of the molecule is [CH2]CCCCC#CCCCCCCCCCC. The monoisotopic (exact) mass is 235 g/mol. The van der Waals surface area contributed by atoms with Gasteiger partial charge in [-0.15, -0.1) is 11.8 Å². The highest BCUT2D eigenvalue weighted by molar-refractivity contribution is 4.98. The second-order valence-corrected chi connectivity index (χ2v) is 4.89. The largest absolute Gasteiger partial charge is 0.103 e. The van der Waals surface area contributed by atoms with E-state index in [9.17, 15) is 0 Å². The first-order chi connectivity index (χ1) is 8.41. The van der Waals surface area contributed by atoms with Crippen LogP contribution < -0.4 is 0 Å². The third-order valence-electron chi connectivity index (χ3n) is 3.08. The van der Waals surface area contributed by atoms with Gasteiger partial charge in [-0.05, 0) is 12.8 Å². The van der Waals surface area contributed by atoms with Gasteiger partial charge in [0.25, 0.3) is 0 Å². The first kappa shape index (κ1) is 16.6. The molecule has 1 radical (unpaired) electrons. The molecule has 0 spiro atoms. The van der Waals surface area contributed by atoms with Crippen LogP contribution in [0.25, 0.3) is 0 Å². The van der Waals surface area contributed by atoms with Gasteiger partial charge in [0, 0.05) is 12.8 Å². The highest BCUT2D eigenvalue weighted by Crippen LogP contribution is 2.09. The van der Waals surface area contributed by atoms with Crippen molar-refractivity contribution in [1.82, 2.24) is 0 Å². The molecule has 0 aliphatic rings. The zero-order valence-corrected chi connectivity index (χ0v) is 11.9. The first-order valence-corrected chi connectivity index (χ1v) is 7.66. The van der Waals surface area contributed by atoms with Gasteiger partial charge in [0.15, 0.2) is 0 Å². The molecule has 0 nitrogen and oxygen atoms in total. The summed E-state index contributed by atoms with van der Waals surface area (Å²) in [6.45, 7) is 6.11. The summed E-state index contributed by atoms with van der Waals surface area (Å²) in [5.41, 5.74) is 0. The van der Waals surface area contributed by atoms with Gasteiger partial charge in [0.2, 0.25) is 0 Å². The van der Waals surface area contributed by atoms with Crippen LogP contribution in [0.5, 0.6) is 0 Å². The van der Waals surface area contributed by atoms with Crippen LogP contribution in [0.3, 0.4) is 0 Å². The molecule has 0 amide bonds. The Morgan fingerprint density at radius 3 is 1.65 bits per heavy atom. The summed E-state index contributed by atoms with van der Waals surface area (Å²) in [5.74, 6) is 6.55. The lowest BCUT2D eigenvalue weighted by Gasteiger charge is -1.99. The molecule has 0 fully saturated rings. The van der Waals surface area contributed by atoms with Crippen molar-refractivity contribution in [3.63, 3.8) is 0 Å². The summed E-state index contributed by atoms with van der Waals surface area (Å²) in [4.78, 5) is 0. The van der Waals surface area contributed by atoms with Crippen molar-refractivity contribution >= 4 is 0 Å². The van der Waals surface area contributed by atoms with Crippen molar-refractivity contribution in [3.05, 3.63) is 6.92 Å². The predicted octanol–water partition coefficient (Wildman–Crippen LogP) is 5.92. The first-order valence-electron chi connectivity index (χ1n) is 7.66. The van der Waals surface area contributed by atoms with Crippen LogP contribution in [0.2, 0.25) is 0 Å². The molecule has 0 saturated carbocycles. The van der Waals surface area contributed by atoms with Gasteiger partial charge in [-0.3, -0.25) is 0 Å². The minimum Gasteiger partial charge on any atom is -0.103 e. The van der Waals surface area contributed by atoms with Crippen LogP contribution in [-0.4, -0.2) is 0 Å².